The summed E-state index contributed by atoms with van der Waals surface area (Å²) in [6, 6.07) is 0. The summed E-state index contributed by atoms with van der Waals surface area (Å²) >= 11 is 5.82. The van der Waals surface area contributed by atoms with Gasteiger partial charge in [0.05, 0.1) is 5.38 Å². The number of rotatable bonds is 0. The summed E-state index contributed by atoms with van der Waals surface area (Å²) in [6.07, 6.45) is 1.65. The van der Waals surface area contributed by atoms with Gasteiger partial charge in [0.1, 0.15) is 0 Å². The first-order chi connectivity index (χ1) is 4.72. The van der Waals surface area contributed by atoms with E-state index in [1.165, 1.54) is 0 Å². The zero-order valence-electron chi connectivity index (χ0n) is 5.34. The molecule has 0 spiro atoms. The monoisotopic (exact) mass is 158 g/mol. The Morgan fingerprint density at radius 2 is 1.50 bits per heavy atom. The van der Waals surface area contributed by atoms with Crippen molar-refractivity contribution in [2.75, 3.05) is 0 Å². The van der Waals surface area contributed by atoms with Crippen molar-refractivity contribution in [3.8, 4) is 0 Å². The molecule has 3 heteroatoms. The third-order valence-electron chi connectivity index (χ3n) is 2.47. The lowest BCUT2D eigenvalue weighted by Gasteiger charge is -2.03. The highest BCUT2D eigenvalue weighted by atomic mass is 35.5. The van der Waals surface area contributed by atoms with Gasteiger partial charge in [0.2, 0.25) is 11.6 Å². The zero-order chi connectivity index (χ0) is 7.30. The maximum Gasteiger partial charge on any atom is 0.203 e. The van der Waals surface area contributed by atoms with Gasteiger partial charge < -0.3 is 0 Å². The van der Waals surface area contributed by atoms with Gasteiger partial charge in [-0.3, -0.25) is 9.59 Å². The molecule has 2 saturated carbocycles. The van der Waals surface area contributed by atoms with E-state index in [9.17, 15) is 9.59 Å². The molecule has 2 fully saturated rings. The number of hydrogen-bond acceptors (Lipinski definition) is 2. The number of hydrogen-bond donors (Lipinski definition) is 0. The Bertz CT molecular complexity index is 190. The fourth-order valence-electron chi connectivity index (χ4n) is 1.87. The number of halogens is 1. The van der Waals surface area contributed by atoms with Crippen LogP contribution < -0.4 is 0 Å². The van der Waals surface area contributed by atoms with Crippen LogP contribution in [0.3, 0.4) is 0 Å². The molecule has 0 unspecified atom stereocenters. The largest absolute Gasteiger partial charge is 0.291 e. The summed E-state index contributed by atoms with van der Waals surface area (Å²) in [7, 11) is 0. The van der Waals surface area contributed by atoms with Gasteiger partial charge in [-0.1, -0.05) is 0 Å². The smallest absolute Gasteiger partial charge is 0.203 e. The van der Waals surface area contributed by atoms with E-state index in [-0.39, 0.29) is 28.8 Å². The Labute approximate surface area is 63.5 Å². The van der Waals surface area contributed by atoms with Crippen molar-refractivity contribution in [1.29, 1.82) is 0 Å². The van der Waals surface area contributed by atoms with E-state index in [2.05, 4.69) is 0 Å². The molecule has 0 N–H and O–H groups in total. The van der Waals surface area contributed by atoms with Crippen LogP contribution in [0.25, 0.3) is 0 Å². The Morgan fingerprint density at radius 3 is 1.70 bits per heavy atom. The van der Waals surface area contributed by atoms with Gasteiger partial charge >= 0.3 is 0 Å². The van der Waals surface area contributed by atoms with Crippen molar-refractivity contribution in [2.45, 2.75) is 18.2 Å². The van der Waals surface area contributed by atoms with E-state index in [4.69, 9.17) is 11.6 Å². The molecular formula is C7H7ClO2. The predicted molar refractivity (Wildman–Crippen MR) is 35.9 cm³/mol. The van der Waals surface area contributed by atoms with Gasteiger partial charge in [-0.25, -0.2) is 0 Å². The second-order valence-corrected chi connectivity index (χ2v) is 3.47. The molecular weight excluding hydrogens is 152 g/mol. The van der Waals surface area contributed by atoms with Gasteiger partial charge in [0.25, 0.3) is 0 Å². The van der Waals surface area contributed by atoms with E-state index in [1.807, 2.05) is 0 Å². The minimum Gasteiger partial charge on any atom is -0.291 e. The van der Waals surface area contributed by atoms with Crippen LogP contribution in [0, 0.1) is 11.8 Å². The standard InChI is InChI=1S/C7H7ClO2/c8-5-3-1-2-4(5)7(10)6(3)9/h3-5H,1-2H2/t3-,4-/m0/s1. The number of carbonyl (C=O) groups excluding carboxylic acids is 2. The Hall–Kier alpha value is -0.370. The Balaban J connectivity index is 2.38. The Morgan fingerprint density at radius 1 is 1.10 bits per heavy atom. The lowest BCUT2D eigenvalue weighted by molar-refractivity contribution is -0.138. The molecule has 0 aliphatic heterocycles. The summed E-state index contributed by atoms with van der Waals surface area (Å²) in [5, 5.41) is -0.181. The number of fused-ring (bicyclic) bond motifs is 2. The molecule has 2 atom stereocenters. The van der Waals surface area contributed by atoms with Crippen LogP contribution in [0.2, 0.25) is 0 Å². The first-order valence-corrected chi connectivity index (χ1v) is 3.87. The topological polar surface area (TPSA) is 34.1 Å². The van der Waals surface area contributed by atoms with Crippen molar-refractivity contribution in [3.63, 3.8) is 0 Å². The predicted octanol–water partition coefficient (Wildman–Crippen LogP) is 0.772. The number of Topliss-reactive ketones (excluding diaryl/α,β-unsaturated/α-hetero) is 2. The SMILES string of the molecule is O=C1C(=O)[C@H]2CC[C@H]1C2Cl. The average molecular weight is 159 g/mol. The molecule has 0 aromatic rings. The van der Waals surface area contributed by atoms with E-state index in [0.717, 1.165) is 12.8 Å². The van der Waals surface area contributed by atoms with Crippen LogP contribution >= 0.6 is 11.6 Å². The normalized spacial score (nSPS) is 45.1. The highest BCUT2D eigenvalue weighted by Crippen LogP contribution is 2.43. The fourth-order valence-corrected chi connectivity index (χ4v) is 2.36. The molecule has 2 nitrogen and oxygen atoms in total. The molecule has 0 aromatic carbocycles. The molecule has 2 aliphatic rings. The molecule has 54 valence electrons. The van der Waals surface area contributed by atoms with Gasteiger partial charge in [-0.15, -0.1) is 11.6 Å². The maximum absolute atomic E-state index is 10.9. The summed E-state index contributed by atoms with van der Waals surface area (Å²) in [6.45, 7) is 0. The van der Waals surface area contributed by atoms with Gasteiger partial charge in [-0.2, -0.15) is 0 Å². The van der Waals surface area contributed by atoms with Crippen molar-refractivity contribution in [1.82, 2.24) is 0 Å². The van der Waals surface area contributed by atoms with E-state index in [0.29, 0.717) is 0 Å². The third kappa shape index (κ3) is 0.553. The molecule has 0 aromatic heterocycles. The van der Waals surface area contributed by atoms with Crippen LogP contribution in [-0.4, -0.2) is 16.9 Å². The molecule has 10 heavy (non-hydrogen) atoms. The first kappa shape index (κ1) is 6.35. The molecule has 0 radical (unpaired) electrons. The molecule has 0 saturated heterocycles. The highest BCUT2D eigenvalue weighted by Gasteiger charge is 2.52. The second-order valence-electron chi connectivity index (χ2n) is 2.96. The maximum atomic E-state index is 10.9. The Kier molecular flexibility index (Phi) is 1.15. The van der Waals surface area contributed by atoms with Crippen molar-refractivity contribution in [2.24, 2.45) is 11.8 Å². The van der Waals surface area contributed by atoms with Crippen LogP contribution in [-0.2, 0) is 9.59 Å². The van der Waals surface area contributed by atoms with Crippen molar-refractivity contribution >= 4 is 23.2 Å². The van der Waals surface area contributed by atoms with Crippen LogP contribution in [0.5, 0.6) is 0 Å². The molecule has 2 aliphatic carbocycles. The zero-order valence-corrected chi connectivity index (χ0v) is 6.10. The third-order valence-corrected chi connectivity index (χ3v) is 3.08. The fraction of sp³-hybridized carbons (Fsp3) is 0.714. The van der Waals surface area contributed by atoms with Gasteiger partial charge in [-0.05, 0) is 12.8 Å². The minimum absolute atomic E-state index is 0.140. The molecule has 2 bridgehead atoms. The van der Waals surface area contributed by atoms with Crippen molar-refractivity contribution < 1.29 is 9.59 Å². The summed E-state index contributed by atoms with van der Waals surface area (Å²) in [5.74, 6) is -0.731. The van der Waals surface area contributed by atoms with E-state index >= 15 is 0 Å². The van der Waals surface area contributed by atoms with Gasteiger partial charge in [0.15, 0.2) is 0 Å². The average Bonchev–Trinajstić information content (AvgIpc) is 2.34. The van der Waals surface area contributed by atoms with Crippen LogP contribution in [0.1, 0.15) is 12.8 Å². The minimum atomic E-state index is -0.226. The van der Waals surface area contributed by atoms with Crippen molar-refractivity contribution in [3.05, 3.63) is 0 Å². The quantitative estimate of drug-likeness (QED) is 0.386. The molecule has 0 amide bonds. The lowest BCUT2D eigenvalue weighted by Crippen LogP contribution is -2.20. The molecule has 0 heterocycles. The molecule has 2 rings (SSSR count). The highest BCUT2D eigenvalue weighted by molar-refractivity contribution is 6.46. The number of ketones is 2. The van der Waals surface area contributed by atoms with E-state index < -0.39 is 0 Å². The number of carbonyl (C=O) groups is 2. The summed E-state index contributed by atoms with van der Waals surface area (Å²) in [5.41, 5.74) is 0. The number of alkyl halides is 1. The van der Waals surface area contributed by atoms with Gasteiger partial charge in [0, 0.05) is 11.8 Å². The second kappa shape index (κ2) is 1.82. The summed E-state index contributed by atoms with van der Waals surface area (Å²) in [4.78, 5) is 21.9. The first-order valence-electron chi connectivity index (χ1n) is 3.44. The van der Waals surface area contributed by atoms with Crippen LogP contribution in [0.4, 0.5) is 0 Å². The van der Waals surface area contributed by atoms with E-state index in [1.54, 1.807) is 0 Å². The lowest BCUT2D eigenvalue weighted by atomic mass is 9.98. The van der Waals surface area contributed by atoms with Crippen LogP contribution in [0.15, 0.2) is 0 Å². The summed E-state index contributed by atoms with van der Waals surface area (Å²) < 4.78 is 0.